The Bertz CT molecular complexity index is 425. The third-order valence-corrected chi connectivity index (χ3v) is 3.80. The molecule has 1 aliphatic rings. The molecule has 0 aliphatic carbocycles. The maximum Gasteiger partial charge on any atom is 0.303 e. The summed E-state index contributed by atoms with van der Waals surface area (Å²) in [5, 5.41) is 2.23. The minimum Gasteiger partial charge on any atom is -0.454 e. The van der Waals surface area contributed by atoms with Gasteiger partial charge < -0.3 is 4.74 Å². The van der Waals surface area contributed by atoms with Crippen LogP contribution in [0.2, 0.25) is 0 Å². The summed E-state index contributed by atoms with van der Waals surface area (Å²) in [5.74, 6) is -0.205. The Morgan fingerprint density at radius 2 is 1.95 bits per heavy atom. The fourth-order valence-electron chi connectivity index (χ4n) is 2.76. The third kappa shape index (κ3) is 3.58. The number of esters is 1. The van der Waals surface area contributed by atoms with Gasteiger partial charge in [-0.05, 0) is 12.0 Å². The maximum atomic E-state index is 11.5. The van der Waals surface area contributed by atoms with Crippen molar-refractivity contribution in [3.05, 3.63) is 35.9 Å². The highest BCUT2D eigenvalue weighted by atomic mass is 16.6. The van der Waals surface area contributed by atoms with Crippen molar-refractivity contribution >= 4 is 5.97 Å². The van der Waals surface area contributed by atoms with Crippen molar-refractivity contribution in [2.45, 2.75) is 38.7 Å². The average Bonchev–Trinajstić information content (AvgIpc) is 2.47. The Morgan fingerprint density at radius 1 is 1.30 bits per heavy atom. The minimum absolute atomic E-state index is 0.205. The molecule has 0 bridgehead atoms. The van der Waals surface area contributed by atoms with Crippen LogP contribution in [0.1, 0.15) is 38.7 Å². The standard InChI is InChI=1S/C16H24N2O2/c1-3-11-17-18-12-9-16(10-13-18,20-14(2)19)15-7-5-4-6-8-15/h4-8,17H,3,9-13H2,1-2H3. The fraction of sp³-hybridized carbons (Fsp3) is 0.562. The summed E-state index contributed by atoms with van der Waals surface area (Å²) >= 11 is 0. The van der Waals surface area contributed by atoms with Crippen LogP contribution in [0.5, 0.6) is 0 Å². The van der Waals surface area contributed by atoms with E-state index >= 15 is 0 Å². The number of hydrogen-bond acceptors (Lipinski definition) is 4. The van der Waals surface area contributed by atoms with Crippen molar-refractivity contribution in [2.75, 3.05) is 19.6 Å². The molecule has 20 heavy (non-hydrogen) atoms. The predicted octanol–water partition coefficient (Wildman–Crippen LogP) is 2.46. The van der Waals surface area contributed by atoms with Gasteiger partial charge in [0.15, 0.2) is 0 Å². The first-order chi connectivity index (χ1) is 9.66. The van der Waals surface area contributed by atoms with Gasteiger partial charge >= 0.3 is 5.97 Å². The van der Waals surface area contributed by atoms with Gasteiger partial charge in [-0.15, -0.1) is 0 Å². The number of hydrazine groups is 1. The lowest BCUT2D eigenvalue weighted by Crippen LogP contribution is -2.50. The molecular formula is C16H24N2O2. The molecule has 110 valence electrons. The van der Waals surface area contributed by atoms with Crippen LogP contribution >= 0.6 is 0 Å². The number of rotatable bonds is 5. The molecule has 0 saturated carbocycles. The van der Waals surface area contributed by atoms with Crippen LogP contribution in [-0.2, 0) is 15.1 Å². The molecule has 1 saturated heterocycles. The molecule has 1 heterocycles. The van der Waals surface area contributed by atoms with Gasteiger partial charge in [0.2, 0.25) is 0 Å². The second-order valence-electron chi connectivity index (χ2n) is 5.35. The normalized spacial score (nSPS) is 18.7. The number of nitrogens with one attached hydrogen (secondary N) is 1. The Kier molecular flexibility index (Phi) is 5.15. The molecule has 0 unspecified atom stereocenters. The highest BCUT2D eigenvalue weighted by Gasteiger charge is 2.39. The molecule has 0 atom stereocenters. The Hall–Kier alpha value is -1.39. The molecule has 1 fully saturated rings. The molecule has 4 heteroatoms. The van der Waals surface area contributed by atoms with Gasteiger partial charge in [0.05, 0.1) is 0 Å². The van der Waals surface area contributed by atoms with E-state index in [2.05, 4.69) is 29.5 Å². The van der Waals surface area contributed by atoms with Crippen LogP contribution in [0.15, 0.2) is 30.3 Å². The number of nitrogens with zero attached hydrogens (tertiary/aromatic N) is 1. The summed E-state index contributed by atoms with van der Waals surface area (Å²) in [6, 6.07) is 10.1. The van der Waals surface area contributed by atoms with E-state index in [4.69, 9.17) is 4.74 Å². The fourth-order valence-corrected chi connectivity index (χ4v) is 2.76. The summed E-state index contributed by atoms with van der Waals surface area (Å²) in [7, 11) is 0. The zero-order chi connectivity index (χ0) is 14.4. The number of ether oxygens (including phenoxy) is 1. The molecule has 0 amide bonds. The van der Waals surface area contributed by atoms with Gasteiger partial charge in [-0.1, -0.05) is 37.3 Å². The van der Waals surface area contributed by atoms with E-state index in [-0.39, 0.29) is 5.97 Å². The van der Waals surface area contributed by atoms with Gasteiger partial charge in [-0.2, -0.15) is 0 Å². The van der Waals surface area contributed by atoms with E-state index in [0.717, 1.165) is 44.5 Å². The molecule has 0 spiro atoms. The van der Waals surface area contributed by atoms with Crippen LogP contribution in [0.3, 0.4) is 0 Å². The number of carbonyl (C=O) groups excluding carboxylic acids is 1. The van der Waals surface area contributed by atoms with E-state index < -0.39 is 5.60 Å². The van der Waals surface area contributed by atoms with Gasteiger partial charge in [0, 0.05) is 39.4 Å². The first-order valence-corrected chi connectivity index (χ1v) is 7.40. The quantitative estimate of drug-likeness (QED) is 0.839. The van der Waals surface area contributed by atoms with E-state index in [1.807, 2.05) is 18.2 Å². The van der Waals surface area contributed by atoms with Crippen molar-refractivity contribution in [1.29, 1.82) is 0 Å². The summed E-state index contributed by atoms with van der Waals surface area (Å²) < 4.78 is 5.72. The second kappa shape index (κ2) is 6.86. The lowest BCUT2D eigenvalue weighted by molar-refractivity contribution is -0.165. The van der Waals surface area contributed by atoms with E-state index in [1.54, 1.807) is 0 Å². The summed E-state index contributed by atoms with van der Waals surface area (Å²) in [6.07, 6.45) is 2.77. The van der Waals surface area contributed by atoms with Gasteiger partial charge in [-0.25, -0.2) is 5.01 Å². The van der Waals surface area contributed by atoms with Gasteiger partial charge in [0.1, 0.15) is 5.60 Å². The van der Waals surface area contributed by atoms with Crippen molar-refractivity contribution < 1.29 is 9.53 Å². The highest BCUT2D eigenvalue weighted by Crippen LogP contribution is 2.36. The van der Waals surface area contributed by atoms with E-state index in [9.17, 15) is 4.79 Å². The minimum atomic E-state index is -0.461. The molecule has 1 N–H and O–H groups in total. The number of benzene rings is 1. The molecule has 0 radical (unpaired) electrons. The van der Waals surface area contributed by atoms with E-state index in [1.165, 1.54) is 6.92 Å². The van der Waals surface area contributed by atoms with Gasteiger partial charge in [-0.3, -0.25) is 10.2 Å². The van der Waals surface area contributed by atoms with E-state index in [0.29, 0.717) is 0 Å². The van der Waals surface area contributed by atoms with Crippen LogP contribution in [-0.4, -0.2) is 30.6 Å². The summed E-state index contributed by atoms with van der Waals surface area (Å²) in [6.45, 7) is 6.42. The second-order valence-corrected chi connectivity index (χ2v) is 5.35. The van der Waals surface area contributed by atoms with Crippen LogP contribution < -0.4 is 5.43 Å². The largest absolute Gasteiger partial charge is 0.454 e. The number of carbonyl (C=O) groups is 1. The maximum absolute atomic E-state index is 11.5. The smallest absolute Gasteiger partial charge is 0.303 e. The molecule has 1 aliphatic heterocycles. The van der Waals surface area contributed by atoms with Crippen molar-refractivity contribution in [3.63, 3.8) is 0 Å². The Morgan fingerprint density at radius 3 is 2.50 bits per heavy atom. The van der Waals surface area contributed by atoms with Gasteiger partial charge in [0.25, 0.3) is 0 Å². The number of piperidine rings is 1. The summed E-state index contributed by atoms with van der Waals surface area (Å²) in [5.41, 5.74) is 4.05. The third-order valence-electron chi connectivity index (χ3n) is 3.80. The Labute approximate surface area is 121 Å². The molecule has 1 aromatic carbocycles. The molecule has 1 aromatic rings. The van der Waals surface area contributed by atoms with Crippen LogP contribution in [0, 0.1) is 0 Å². The molecule has 2 rings (SSSR count). The van der Waals surface area contributed by atoms with Crippen molar-refractivity contribution in [1.82, 2.24) is 10.4 Å². The van der Waals surface area contributed by atoms with Crippen molar-refractivity contribution in [2.24, 2.45) is 0 Å². The zero-order valence-corrected chi connectivity index (χ0v) is 12.4. The SMILES string of the molecule is CCCNN1CCC(OC(C)=O)(c2ccccc2)CC1. The lowest BCUT2D eigenvalue weighted by atomic mass is 9.84. The number of hydrogen-bond donors (Lipinski definition) is 1. The molecule has 0 aromatic heterocycles. The topological polar surface area (TPSA) is 41.6 Å². The van der Waals surface area contributed by atoms with Crippen LogP contribution in [0.25, 0.3) is 0 Å². The molecule has 4 nitrogen and oxygen atoms in total. The monoisotopic (exact) mass is 276 g/mol. The summed E-state index contributed by atoms with van der Waals surface area (Å²) in [4.78, 5) is 11.5. The average molecular weight is 276 g/mol. The zero-order valence-electron chi connectivity index (χ0n) is 12.4. The first kappa shape index (κ1) is 15.0. The van der Waals surface area contributed by atoms with Crippen molar-refractivity contribution in [3.8, 4) is 0 Å². The molecular weight excluding hydrogens is 252 g/mol. The lowest BCUT2D eigenvalue weighted by Gasteiger charge is -2.41. The van der Waals surface area contributed by atoms with Crippen LogP contribution in [0.4, 0.5) is 0 Å². The highest BCUT2D eigenvalue weighted by molar-refractivity contribution is 5.67. The Balaban J connectivity index is 2.09. The first-order valence-electron chi connectivity index (χ1n) is 7.40. The predicted molar refractivity (Wildman–Crippen MR) is 79.0 cm³/mol.